The Hall–Kier alpha value is -1.50. The van der Waals surface area contributed by atoms with Crippen LogP contribution in [0.4, 0.5) is 5.69 Å². The molecule has 0 saturated carbocycles. The van der Waals surface area contributed by atoms with Crippen LogP contribution < -0.4 is 5.73 Å². The average Bonchev–Trinajstić information content (AvgIpc) is 2.79. The summed E-state index contributed by atoms with van der Waals surface area (Å²) in [6, 6.07) is 0. The Morgan fingerprint density at radius 2 is 2.12 bits per heavy atom. The zero-order chi connectivity index (χ0) is 12.4. The highest BCUT2D eigenvalue weighted by Crippen LogP contribution is 2.32. The van der Waals surface area contributed by atoms with E-state index in [9.17, 15) is 0 Å². The molecule has 2 heterocycles. The molecule has 0 spiro atoms. The third kappa shape index (κ3) is 2.28. The van der Waals surface area contributed by atoms with Crippen molar-refractivity contribution in [1.82, 2.24) is 24.5 Å². The molecule has 0 bridgehead atoms. The molecule has 0 saturated heterocycles. The van der Waals surface area contributed by atoms with Crippen molar-refractivity contribution in [1.29, 1.82) is 0 Å². The fourth-order valence-corrected chi connectivity index (χ4v) is 2.44. The summed E-state index contributed by atoms with van der Waals surface area (Å²) in [4.78, 5) is 4.17. The van der Waals surface area contributed by atoms with Crippen molar-refractivity contribution in [3.05, 3.63) is 12.0 Å². The lowest BCUT2D eigenvalue weighted by atomic mass is 10.2. The van der Waals surface area contributed by atoms with Crippen molar-refractivity contribution in [3.63, 3.8) is 0 Å². The molecule has 0 atom stereocenters. The van der Waals surface area contributed by atoms with E-state index in [2.05, 4.69) is 22.1 Å². The van der Waals surface area contributed by atoms with E-state index in [4.69, 9.17) is 5.73 Å². The fraction of sp³-hybridized carbons (Fsp3) is 0.500. The molecule has 2 rings (SSSR count). The number of hydrogen-bond acceptors (Lipinski definition) is 5. The van der Waals surface area contributed by atoms with Gasteiger partial charge in [-0.15, -0.1) is 0 Å². The van der Waals surface area contributed by atoms with Gasteiger partial charge in [0, 0.05) is 14.1 Å². The highest BCUT2D eigenvalue weighted by molar-refractivity contribution is 7.99. The van der Waals surface area contributed by atoms with Crippen LogP contribution in [0.3, 0.4) is 0 Å². The molecule has 0 unspecified atom stereocenters. The predicted molar refractivity (Wildman–Crippen MR) is 66.7 cm³/mol. The molecule has 92 valence electrons. The fourth-order valence-electron chi connectivity index (χ4n) is 1.59. The van der Waals surface area contributed by atoms with Gasteiger partial charge in [-0.3, -0.25) is 4.68 Å². The van der Waals surface area contributed by atoms with Crippen molar-refractivity contribution in [2.75, 3.05) is 5.73 Å². The monoisotopic (exact) mass is 252 g/mol. The third-order valence-electron chi connectivity index (χ3n) is 2.45. The molecule has 2 aromatic rings. The summed E-state index contributed by atoms with van der Waals surface area (Å²) in [7, 11) is 3.75. The largest absolute Gasteiger partial charge is 0.395 e. The zero-order valence-corrected chi connectivity index (χ0v) is 11.0. The lowest BCUT2D eigenvalue weighted by Gasteiger charge is -2.01. The van der Waals surface area contributed by atoms with Crippen LogP contribution >= 0.6 is 11.8 Å². The maximum atomic E-state index is 6.10. The van der Waals surface area contributed by atoms with Crippen LogP contribution in [0.1, 0.15) is 19.0 Å². The molecule has 0 aliphatic carbocycles. The van der Waals surface area contributed by atoms with Gasteiger partial charge in [-0.2, -0.15) is 10.2 Å². The number of anilines is 1. The summed E-state index contributed by atoms with van der Waals surface area (Å²) < 4.78 is 3.52. The van der Waals surface area contributed by atoms with E-state index in [1.807, 2.05) is 14.1 Å². The van der Waals surface area contributed by atoms with Crippen molar-refractivity contribution >= 4 is 17.4 Å². The first-order valence-electron chi connectivity index (χ1n) is 5.46. The van der Waals surface area contributed by atoms with Crippen LogP contribution in [0.15, 0.2) is 16.5 Å². The standard InChI is InChI=1S/C10H16N6S/c1-4-5-7-8(11)9(15(2)14-7)17-10-12-6-13-16(10)3/h6H,4-5,11H2,1-3H3. The van der Waals surface area contributed by atoms with Crippen LogP contribution in [0.2, 0.25) is 0 Å². The Morgan fingerprint density at radius 1 is 1.35 bits per heavy atom. The molecule has 2 aromatic heterocycles. The van der Waals surface area contributed by atoms with Gasteiger partial charge in [0.2, 0.25) is 0 Å². The van der Waals surface area contributed by atoms with Crippen LogP contribution in [-0.4, -0.2) is 24.5 Å². The third-order valence-corrected chi connectivity index (χ3v) is 3.68. The molecular formula is C10H16N6S. The number of rotatable bonds is 4. The number of aromatic nitrogens is 5. The predicted octanol–water partition coefficient (Wildman–Crippen LogP) is 1.23. The maximum absolute atomic E-state index is 6.10. The maximum Gasteiger partial charge on any atom is 0.192 e. The number of nitrogens with two attached hydrogens (primary N) is 1. The summed E-state index contributed by atoms with van der Waals surface area (Å²) >= 11 is 1.49. The summed E-state index contributed by atoms with van der Waals surface area (Å²) in [6.45, 7) is 2.11. The van der Waals surface area contributed by atoms with Gasteiger partial charge in [0.15, 0.2) is 5.16 Å². The molecule has 0 radical (unpaired) electrons. The Balaban J connectivity index is 2.30. The normalized spacial score (nSPS) is 11.0. The van der Waals surface area contributed by atoms with Crippen molar-refractivity contribution in [3.8, 4) is 0 Å². The van der Waals surface area contributed by atoms with Gasteiger partial charge in [0.05, 0.1) is 11.4 Å². The SMILES string of the molecule is CCCc1nn(C)c(Sc2ncnn2C)c1N. The van der Waals surface area contributed by atoms with E-state index in [0.29, 0.717) is 0 Å². The number of nitrogen functional groups attached to an aromatic ring is 1. The Morgan fingerprint density at radius 3 is 2.71 bits per heavy atom. The van der Waals surface area contributed by atoms with E-state index in [-0.39, 0.29) is 0 Å². The number of hydrogen-bond donors (Lipinski definition) is 1. The van der Waals surface area contributed by atoms with E-state index in [1.54, 1.807) is 9.36 Å². The molecular weight excluding hydrogens is 236 g/mol. The second-order valence-electron chi connectivity index (χ2n) is 3.81. The first-order chi connectivity index (χ1) is 8.13. The van der Waals surface area contributed by atoms with Gasteiger partial charge in [0.25, 0.3) is 0 Å². The van der Waals surface area contributed by atoms with Crippen molar-refractivity contribution < 1.29 is 0 Å². The van der Waals surface area contributed by atoms with Gasteiger partial charge in [0.1, 0.15) is 11.4 Å². The Bertz CT molecular complexity index is 515. The zero-order valence-electron chi connectivity index (χ0n) is 10.2. The smallest absolute Gasteiger partial charge is 0.192 e. The van der Waals surface area contributed by atoms with Crippen LogP contribution in [0, 0.1) is 0 Å². The van der Waals surface area contributed by atoms with Gasteiger partial charge < -0.3 is 5.73 Å². The topological polar surface area (TPSA) is 74.5 Å². The lowest BCUT2D eigenvalue weighted by molar-refractivity contribution is 0.667. The first kappa shape index (κ1) is 12.0. The van der Waals surface area contributed by atoms with Crippen molar-refractivity contribution in [2.24, 2.45) is 14.1 Å². The molecule has 0 aromatic carbocycles. The highest BCUT2D eigenvalue weighted by Gasteiger charge is 2.15. The Kier molecular flexibility index (Phi) is 3.37. The van der Waals surface area contributed by atoms with Gasteiger partial charge >= 0.3 is 0 Å². The van der Waals surface area contributed by atoms with Crippen LogP contribution in [0.25, 0.3) is 0 Å². The molecule has 0 amide bonds. The van der Waals surface area contributed by atoms with Crippen molar-refractivity contribution in [2.45, 2.75) is 29.9 Å². The summed E-state index contributed by atoms with van der Waals surface area (Å²) in [5.74, 6) is 0. The second kappa shape index (κ2) is 4.79. The van der Waals surface area contributed by atoms with Gasteiger partial charge in [-0.25, -0.2) is 9.67 Å². The van der Waals surface area contributed by atoms with E-state index in [0.717, 1.165) is 34.4 Å². The Labute approximate surface area is 104 Å². The molecule has 7 heteroatoms. The second-order valence-corrected chi connectivity index (χ2v) is 4.76. The van der Waals surface area contributed by atoms with E-state index >= 15 is 0 Å². The van der Waals surface area contributed by atoms with E-state index < -0.39 is 0 Å². The minimum Gasteiger partial charge on any atom is -0.395 e. The molecule has 2 N–H and O–H groups in total. The highest BCUT2D eigenvalue weighted by atomic mass is 32.2. The van der Waals surface area contributed by atoms with Crippen LogP contribution in [0.5, 0.6) is 0 Å². The number of aryl methyl sites for hydroxylation is 3. The molecule has 0 aliphatic rings. The molecule has 0 fully saturated rings. The molecule has 17 heavy (non-hydrogen) atoms. The molecule has 0 aliphatic heterocycles. The summed E-state index contributed by atoms with van der Waals surface area (Å²) in [5.41, 5.74) is 7.81. The average molecular weight is 252 g/mol. The van der Waals surface area contributed by atoms with Gasteiger partial charge in [-0.1, -0.05) is 13.3 Å². The van der Waals surface area contributed by atoms with Gasteiger partial charge in [-0.05, 0) is 18.2 Å². The minimum absolute atomic E-state index is 0.752. The van der Waals surface area contributed by atoms with E-state index in [1.165, 1.54) is 18.1 Å². The minimum atomic E-state index is 0.752. The molecule has 6 nitrogen and oxygen atoms in total. The summed E-state index contributed by atoms with van der Waals surface area (Å²) in [6.07, 6.45) is 3.47. The lowest BCUT2D eigenvalue weighted by Crippen LogP contribution is -1.97. The quantitative estimate of drug-likeness (QED) is 0.886. The number of nitrogens with zero attached hydrogens (tertiary/aromatic N) is 5. The van der Waals surface area contributed by atoms with Crippen LogP contribution in [-0.2, 0) is 20.5 Å². The first-order valence-corrected chi connectivity index (χ1v) is 6.28. The summed E-state index contributed by atoms with van der Waals surface area (Å²) in [5, 5.41) is 10.2.